The maximum atomic E-state index is 6.66. The third kappa shape index (κ3) is 8.17. The van der Waals surface area contributed by atoms with Crippen LogP contribution >= 0.6 is 0 Å². The standard InChI is InChI=1S/C21H45BNO3Si/c1-17(2,3)24-27(25-18(4,5)6,26-19(7,8)9)22-23-20(10,11)15-14-16-21(23,12)13/h14-16H2,1-13H3. The number of hydrogen-bond acceptors (Lipinski definition) is 4. The van der Waals surface area contributed by atoms with Gasteiger partial charge in [0.05, 0.1) is 16.8 Å². The van der Waals surface area contributed by atoms with Gasteiger partial charge in [-0.25, -0.2) is 0 Å². The van der Waals surface area contributed by atoms with Crippen molar-refractivity contribution in [3.05, 3.63) is 0 Å². The fraction of sp³-hybridized carbons (Fsp3) is 1.00. The molecule has 0 aromatic rings. The van der Waals surface area contributed by atoms with Crippen molar-refractivity contribution in [1.82, 2.24) is 4.81 Å². The Hall–Kier alpha value is 0.122. The van der Waals surface area contributed by atoms with Crippen LogP contribution in [0.5, 0.6) is 0 Å². The summed E-state index contributed by atoms with van der Waals surface area (Å²) in [7, 11) is -0.950. The average molecular weight is 398 g/mol. The van der Waals surface area contributed by atoms with Crippen molar-refractivity contribution in [2.45, 2.75) is 137 Å². The van der Waals surface area contributed by atoms with Gasteiger partial charge in [-0.15, -0.1) is 0 Å². The first-order valence-corrected chi connectivity index (χ1v) is 12.2. The summed E-state index contributed by atoms with van der Waals surface area (Å²) in [6.07, 6.45) is 3.54. The summed E-state index contributed by atoms with van der Waals surface area (Å²) >= 11 is 0. The van der Waals surface area contributed by atoms with Gasteiger partial charge in [-0.3, -0.25) is 0 Å². The minimum atomic E-state index is -3.17. The van der Waals surface area contributed by atoms with Crippen LogP contribution in [0.4, 0.5) is 0 Å². The van der Waals surface area contributed by atoms with Crippen LogP contribution < -0.4 is 0 Å². The van der Waals surface area contributed by atoms with E-state index in [1.807, 2.05) is 0 Å². The van der Waals surface area contributed by atoms with E-state index < -0.39 is 8.67 Å². The highest BCUT2D eigenvalue weighted by Gasteiger charge is 2.56. The van der Waals surface area contributed by atoms with E-state index in [1.165, 1.54) is 6.42 Å². The first-order chi connectivity index (χ1) is 11.7. The first-order valence-electron chi connectivity index (χ1n) is 10.4. The van der Waals surface area contributed by atoms with Gasteiger partial charge in [0.15, 0.2) is 0 Å². The molecule has 6 heteroatoms. The van der Waals surface area contributed by atoms with Crippen molar-refractivity contribution in [3.63, 3.8) is 0 Å². The zero-order chi connectivity index (χ0) is 21.5. The van der Waals surface area contributed by atoms with Crippen LogP contribution in [-0.2, 0) is 13.3 Å². The average Bonchev–Trinajstić information content (AvgIpc) is 2.26. The van der Waals surface area contributed by atoms with Crippen LogP contribution in [0.25, 0.3) is 0 Å². The summed E-state index contributed by atoms with van der Waals surface area (Å²) in [5.74, 6) is 0. The zero-order valence-electron chi connectivity index (χ0n) is 20.4. The predicted octanol–water partition coefficient (Wildman–Crippen LogP) is 5.53. The van der Waals surface area contributed by atoms with E-state index in [0.29, 0.717) is 0 Å². The van der Waals surface area contributed by atoms with Crippen molar-refractivity contribution in [2.75, 3.05) is 0 Å². The second kappa shape index (κ2) is 7.75. The van der Waals surface area contributed by atoms with Gasteiger partial charge in [0.25, 0.3) is 0 Å². The van der Waals surface area contributed by atoms with Crippen LogP contribution in [0.1, 0.15) is 109 Å². The van der Waals surface area contributed by atoms with Crippen LogP contribution in [0.2, 0.25) is 0 Å². The summed E-state index contributed by atoms with van der Waals surface area (Å²) in [6.45, 7) is 27.9. The van der Waals surface area contributed by atoms with Gasteiger partial charge in [0, 0.05) is 11.1 Å². The monoisotopic (exact) mass is 398 g/mol. The molecule has 0 saturated carbocycles. The fourth-order valence-electron chi connectivity index (χ4n) is 3.94. The molecule has 27 heavy (non-hydrogen) atoms. The lowest BCUT2D eigenvalue weighted by Crippen LogP contribution is -2.71. The van der Waals surface area contributed by atoms with E-state index >= 15 is 0 Å². The first kappa shape index (κ1) is 25.2. The molecule has 0 spiro atoms. The third-order valence-electron chi connectivity index (χ3n) is 4.51. The molecule has 0 aliphatic carbocycles. The van der Waals surface area contributed by atoms with E-state index in [9.17, 15) is 0 Å². The van der Waals surface area contributed by atoms with Gasteiger partial charge in [-0.05, 0) is 109 Å². The Morgan fingerprint density at radius 1 is 0.667 bits per heavy atom. The highest BCUT2D eigenvalue weighted by molar-refractivity contribution is 7.13. The molecule has 4 nitrogen and oxygen atoms in total. The molecule has 159 valence electrons. The van der Waals surface area contributed by atoms with E-state index in [-0.39, 0.29) is 27.9 Å². The molecule has 0 aromatic heterocycles. The number of nitrogens with zero attached hydrogens (tertiary/aromatic N) is 1. The van der Waals surface area contributed by atoms with Crippen LogP contribution in [0.3, 0.4) is 0 Å². The summed E-state index contributed by atoms with van der Waals surface area (Å²) in [6, 6.07) is 0. The van der Waals surface area contributed by atoms with Crippen molar-refractivity contribution in [2.24, 2.45) is 0 Å². The second-order valence-electron chi connectivity index (χ2n) is 12.2. The molecule has 1 rings (SSSR count). The van der Waals surface area contributed by atoms with Gasteiger partial charge >= 0.3 is 15.7 Å². The Labute approximate surface area is 171 Å². The van der Waals surface area contributed by atoms with Crippen molar-refractivity contribution < 1.29 is 13.3 Å². The highest BCUT2D eigenvalue weighted by Crippen LogP contribution is 2.40. The quantitative estimate of drug-likeness (QED) is 0.570. The molecule has 1 aliphatic heterocycles. The Kier molecular flexibility index (Phi) is 7.22. The van der Waals surface area contributed by atoms with Gasteiger partial charge in [0.1, 0.15) is 0 Å². The molecular weight excluding hydrogens is 353 g/mol. The van der Waals surface area contributed by atoms with E-state index in [0.717, 1.165) is 12.8 Å². The summed E-state index contributed by atoms with van der Waals surface area (Å²) in [5, 5.41) is 0. The van der Waals surface area contributed by atoms with Gasteiger partial charge < -0.3 is 18.1 Å². The molecule has 0 unspecified atom stereocenters. The highest BCUT2D eigenvalue weighted by atomic mass is 28.4. The van der Waals surface area contributed by atoms with Gasteiger partial charge in [-0.2, -0.15) is 0 Å². The summed E-state index contributed by atoms with van der Waals surface area (Å²) in [4.78, 5) is 2.47. The minimum Gasteiger partial charge on any atom is -0.374 e. The molecule has 0 aromatic carbocycles. The molecule has 1 aliphatic rings. The Morgan fingerprint density at radius 2 is 0.963 bits per heavy atom. The Bertz CT molecular complexity index is 444. The van der Waals surface area contributed by atoms with Crippen molar-refractivity contribution in [1.29, 1.82) is 0 Å². The van der Waals surface area contributed by atoms with Crippen LogP contribution in [0, 0.1) is 0 Å². The van der Waals surface area contributed by atoms with E-state index in [4.69, 9.17) is 13.3 Å². The number of rotatable bonds is 5. The van der Waals surface area contributed by atoms with Crippen molar-refractivity contribution >= 4 is 15.7 Å². The topological polar surface area (TPSA) is 30.9 Å². The SMILES string of the molecule is CC(C)(C)O[Si]([B]N1C(C)(C)CCCC1(C)C)(OC(C)(C)C)OC(C)(C)C. The number of hydrogen-bond donors (Lipinski definition) is 0. The smallest absolute Gasteiger partial charge is 0.374 e. The van der Waals surface area contributed by atoms with E-state index in [2.05, 4.69) is 102 Å². The minimum absolute atomic E-state index is 0.0315. The van der Waals surface area contributed by atoms with E-state index in [1.54, 1.807) is 0 Å². The molecule has 0 N–H and O–H groups in total. The second-order valence-corrected chi connectivity index (χ2v) is 14.3. The Balaban J connectivity index is 3.44. The zero-order valence-corrected chi connectivity index (χ0v) is 21.4. The van der Waals surface area contributed by atoms with Crippen LogP contribution in [-0.4, -0.2) is 48.4 Å². The molecule has 1 radical (unpaired) electrons. The largest absolute Gasteiger partial charge is 0.462 e. The molecule has 1 heterocycles. The fourth-order valence-corrected chi connectivity index (χ4v) is 7.80. The lowest BCUT2D eigenvalue weighted by molar-refractivity contribution is -0.0647. The lowest BCUT2D eigenvalue weighted by Gasteiger charge is -2.56. The molecule has 1 fully saturated rings. The van der Waals surface area contributed by atoms with Gasteiger partial charge in [0.2, 0.25) is 0 Å². The maximum absolute atomic E-state index is 6.66. The summed E-state index contributed by atoms with van der Waals surface area (Å²) < 4.78 is 20.0. The maximum Gasteiger partial charge on any atom is 0.462 e. The van der Waals surface area contributed by atoms with Gasteiger partial charge in [-0.1, -0.05) is 0 Å². The molecular formula is C21H45BNO3Si. The lowest BCUT2D eigenvalue weighted by atomic mass is 9.77. The summed E-state index contributed by atoms with van der Waals surface area (Å²) in [5.41, 5.74) is -1.05. The molecule has 0 atom stereocenters. The normalized spacial score (nSPS) is 22.0. The van der Waals surface area contributed by atoms with Crippen LogP contribution in [0.15, 0.2) is 0 Å². The molecule has 0 amide bonds. The Morgan fingerprint density at radius 3 is 1.22 bits per heavy atom. The molecule has 0 bridgehead atoms. The predicted molar refractivity (Wildman–Crippen MR) is 118 cm³/mol. The molecule has 1 saturated heterocycles. The number of piperidine rings is 1. The van der Waals surface area contributed by atoms with Crippen molar-refractivity contribution in [3.8, 4) is 0 Å². The third-order valence-corrected chi connectivity index (χ3v) is 7.78.